The number of nitrogens with two attached hydrogens (primary N) is 1. The summed E-state index contributed by atoms with van der Waals surface area (Å²) < 4.78 is 0. The van der Waals surface area contributed by atoms with Gasteiger partial charge in [-0.3, -0.25) is 9.78 Å². The summed E-state index contributed by atoms with van der Waals surface area (Å²) in [7, 11) is 0. The smallest absolute Gasteiger partial charge is 0.227 e. The van der Waals surface area contributed by atoms with E-state index in [1.807, 2.05) is 23.1 Å². The number of hydrogen-bond acceptors (Lipinski definition) is 6. The molecule has 27 heavy (non-hydrogen) atoms. The van der Waals surface area contributed by atoms with Crippen molar-refractivity contribution in [2.45, 2.75) is 32.1 Å². The molecule has 0 bridgehead atoms. The number of nitrogens with zero attached hydrogens (tertiary/aromatic N) is 5. The van der Waals surface area contributed by atoms with Gasteiger partial charge in [-0.2, -0.15) is 4.98 Å². The molecule has 4 rings (SSSR count). The second-order valence-corrected chi connectivity index (χ2v) is 7.69. The molecule has 2 N–H and O–H groups in total. The molecule has 1 spiro atoms. The number of carbonyl (C=O) groups is 1. The zero-order valence-corrected chi connectivity index (χ0v) is 15.5. The maximum Gasteiger partial charge on any atom is 0.227 e. The van der Waals surface area contributed by atoms with Gasteiger partial charge in [-0.1, -0.05) is 6.07 Å². The summed E-state index contributed by atoms with van der Waals surface area (Å²) in [5.74, 6) is 1.45. The van der Waals surface area contributed by atoms with Crippen LogP contribution in [-0.2, 0) is 11.2 Å². The number of nitrogen functional groups attached to an aromatic ring is 1. The Labute approximate surface area is 159 Å². The summed E-state index contributed by atoms with van der Waals surface area (Å²) in [5, 5.41) is 0. The van der Waals surface area contributed by atoms with E-state index >= 15 is 0 Å². The van der Waals surface area contributed by atoms with Gasteiger partial charge in [0.15, 0.2) is 0 Å². The number of pyridine rings is 1. The van der Waals surface area contributed by atoms with Crippen LogP contribution >= 0.6 is 0 Å². The SMILES string of the molecule is Nc1ccnc(N2CCCC3(CCC(=O)N(CCc4ccccn4)C3)C2)n1. The highest BCUT2D eigenvalue weighted by molar-refractivity contribution is 5.77. The van der Waals surface area contributed by atoms with Gasteiger partial charge in [0, 0.05) is 62.5 Å². The van der Waals surface area contributed by atoms with E-state index in [9.17, 15) is 4.79 Å². The molecule has 2 saturated heterocycles. The van der Waals surface area contributed by atoms with E-state index in [4.69, 9.17) is 5.73 Å². The third-order valence-corrected chi connectivity index (χ3v) is 5.72. The van der Waals surface area contributed by atoms with Crippen LogP contribution in [0.1, 0.15) is 31.4 Å². The third-order valence-electron chi connectivity index (χ3n) is 5.72. The predicted molar refractivity (Wildman–Crippen MR) is 104 cm³/mol. The molecular weight excluding hydrogens is 340 g/mol. The first-order chi connectivity index (χ1) is 13.1. The largest absolute Gasteiger partial charge is 0.384 e. The van der Waals surface area contributed by atoms with E-state index in [0.717, 1.165) is 57.6 Å². The van der Waals surface area contributed by atoms with Crippen LogP contribution in [0.4, 0.5) is 11.8 Å². The van der Waals surface area contributed by atoms with Crippen molar-refractivity contribution in [1.29, 1.82) is 0 Å². The van der Waals surface area contributed by atoms with Crippen molar-refractivity contribution in [2.24, 2.45) is 5.41 Å². The number of aromatic nitrogens is 3. The van der Waals surface area contributed by atoms with Crippen molar-refractivity contribution in [2.75, 3.05) is 36.8 Å². The van der Waals surface area contributed by atoms with Crippen molar-refractivity contribution < 1.29 is 4.79 Å². The molecule has 4 heterocycles. The first kappa shape index (κ1) is 17.7. The fraction of sp³-hybridized carbons (Fsp3) is 0.500. The Balaban J connectivity index is 1.44. The van der Waals surface area contributed by atoms with Gasteiger partial charge in [0.25, 0.3) is 0 Å². The number of piperidine rings is 2. The second kappa shape index (κ2) is 7.50. The molecule has 2 aliphatic heterocycles. The highest BCUT2D eigenvalue weighted by Gasteiger charge is 2.42. The molecule has 2 aromatic heterocycles. The third kappa shape index (κ3) is 4.02. The number of rotatable bonds is 4. The molecule has 142 valence electrons. The monoisotopic (exact) mass is 366 g/mol. The number of anilines is 2. The van der Waals surface area contributed by atoms with Crippen LogP contribution in [0.3, 0.4) is 0 Å². The molecule has 0 radical (unpaired) electrons. The molecule has 1 amide bonds. The van der Waals surface area contributed by atoms with Crippen LogP contribution in [0.5, 0.6) is 0 Å². The normalized spacial score (nSPS) is 23.0. The Kier molecular flexibility index (Phi) is 4.92. The van der Waals surface area contributed by atoms with Gasteiger partial charge < -0.3 is 15.5 Å². The lowest BCUT2D eigenvalue weighted by atomic mass is 9.73. The van der Waals surface area contributed by atoms with E-state index in [-0.39, 0.29) is 11.3 Å². The summed E-state index contributed by atoms with van der Waals surface area (Å²) in [5.41, 5.74) is 6.98. The van der Waals surface area contributed by atoms with Gasteiger partial charge in [0.1, 0.15) is 5.82 Å². The zero-order valence-electron chi connectivity index (χ0n) is 15.5. The Morgan fingerprint density at radius 2 is 2.04 bits per heavy atom. The average molecular weight is 366 g/mol. The van der Waals surface area contributed by atoms with Gasteiger partial charge in [0.05, 0.1) is 0 Å². The van der Waals surface area contributed by atoms with Crippen LogP contribution in [-0.4, -0.2) is 51.9 Å². The molecular formula is C20H26N6O. The van der Waals surface area contributed by atoms with Crippen LogP contribution in [0.2, 0.25) is 0 Å². The van der Waals surface area contributed by atoms with Crippen molar-refractivity contribution in [1.82, 2.24) is 19.9 Å². The summed E-state index contributed by atoms with van der Waals surface area (Å²) in [4.78, 5) is 29.9. The van der Waals surface area contributed by atoms with E-state index in [1.54, 1.807) is 18.5 Å². The van der Waals surface area contributed by atoms with Crippen molar-refractivity contribution >= 4 is 17.7 Å². The average Bonchev–Trinajstić information content (AvgIpc) is 2.70. The van der Waals surface area contributed by atoms with E-state index in [2.05, 4.69) is 19.9 Å². The number of amides is 1. The van der Waals surface area contributed by atoms with E-state index < -0.39 is 0 Å². The van der Waals surface area contributed by atoms with Gasteiger partial charge in [-0.05, 0) is 37.5 Å². The number of hydrogen-bond donors (Lipinski definition) is 1. The van der Waals surface area contributed by atoms with Gasteiger partial charge in [-0.25, -0.2) is 4.98 Å². The molecule has 0 aromatic carbocycles. The Morgan fingerprint density at radius 1 is 1.11 bits per heavy atom. The molecule has 0 aliphatic carbocycles. The van der Waals surface area contributed by atoms with Gasteiger partial charge in [-0.15, -0.1) is 0 Å². The van der Waals surface area contributed by atoms with E-state index in [1.165, 1.54) is 0 Å². The number of carbonyl (C=O) groups excluding carboxylic acids is 1. The van der Waals surface area contributed by atoms with Crippen LogP contribution < -0.4 is 10.6 Å². The second-order valence-electron chi connectivity index (χ2n) is 7.69. The number of likely N-dealkylation sites (tertiary alicyclic amines) is 1. The summed E-state index contributed by atoms with van der Waals surface area (Å²) in [6, 6.07) is 7.64. The standard InChI is InChI=1S/C20H26N6O/c21-17-6-11-23-19(24-17)26-12-3-8-20(15-26)9-5-18(27)25(14-20)13-7-16-4-1-2-10-22-16/h1-2,4,6,10-11H,3,5,7-9,12-15H2,(H2,21,23,24). The summed E-state index contributed by atoms with van der Waals surface area (Å²) >= 11 is 0. The van der Waals surface area contributed by atoms with Crippen LogP contribution in [0, 0.1) is 5.41 Å². The van der Waals surface area contributed by atoms with E-state index in [0.29, 0.717) is 18.2 Å². The van der Waals surface area contributed by atoms with Gasteiger partial charge >= 0.3 is 0 Å². The first-order valence-corrected chi connectivity index (χ1v) is 9.65. The highest BCUT2D eigenvalue weighted by atomic mass is 16.2. The summed E-state index contributed by atoms with van der Waals surface area (Å²) in [6.45, 7) is 3.35. The Morgan fingerprint density at radius 3 is 2.85 bits per heavy atom. The highest BCUT2D eigenvalue weighted by Crippen LogP contribution is 2.39. The first-order valence-electron chi connectivity index (χ1n) is 9.65. The molecule has 2 aliphatic rings. The molecule has 2 aromatic rings. The van der Waals surface area contributed by atoms with Crippen molar-refractivity contribution in [3.8, 4) is 0 Å². The minimum Gasteiger partial charge on any atom is -0.384 e. The quantitative estimate of drug-likeness (QED) is 0.889. The molecule has 2 fully saturated rings. The fourth-order valence-corrected chi connectivity index (χ4v) is 4.33. The Bertz CT molecular complexity index is 798. The molecule has 0 saturated carbocycles. The maximum atomic E-state index is 12.5. The predicted octanol–water partition coefficient (Wildman–Crippen LogP) is 1.91. The van der Waals surface area contributed by atoms with Crippen molar-refractivity contribution in [3.05, 3.63) is 42.4 Å². The zero-order chi connectivity index (χ0) is 18.7. The van der Waals surface area contributed by atoms with Crippen LogP contribution in [0.15, 0.2) is 36.7 Å². The lowest BCUT2D eigenvalue weighted by Gasteiger charge is -2.48. The van der Waals surface area contributed by atoms with Crippen LogP contribution in [0.25, 0.3) is 0 Å². The maximum absolute atomic E-state index is 12.5. The Hall–Kier alpha value is -2.70. The van der Waals surface area contributed by atoms with Gasteiger partial charge in [0.2, 0.25) is 11.9 Å². The topological polar surface area (TPSA) is 88.2 Å². The minimum absolute atomic E-state index is 0.115. The molecule has 7 nitrogen and oxygen atoms in total. The lowest BCUT2D eigenvalue weighted by molar-refractivity contribution is -0.137. The molecule has 1 atom stereocenters. The molecule has 1 unspecified atom stereocenters. The lowest BCUT2D eigenvalue weighted by Crippen LogP contribution is -2.54. The molecule has 7 heteroatoms. The minimum atomic E-state index is 0.115. The fourth-order valence-electron chi connectivity index (χ4n) is 4.33. The summed E-state index contributed by atoms with van der Waals surface area (Å²) in [6.07, 6.45) is 8.09. The van der Waals surface area contributed by atoms with Crippen molar-refractivity contribution in [3.63, 3.8) is 0 Å².